The largest absolute Gasteiger partial charge is 0.378 e. The van der Waals surface area contributed by atoms with Crippen molar-refractivity contribution in [3.05, 3.63) is 30.1 Å². The fourth-order valence-corrected chi connectivity index (χ4v) is 4.34. The molecule has 1 aromatic heterocycles. The number of carbonyl (C=O) groups excluding carboxylic acids is 1. The average Bonchev–Trinajstić information content (AvgIpc) is 3.09. The molecule has 2 aliphatic carbocycles. The molecule has 0 radical (unpaired) electrons. The number of urea groups is 1. The Balaban J connectivity index is 1.59. The van der Waals surface area contributed by atoms with Gasteiger partial charge >= 0.3 is 6.03 Å². The molecule has 0 aromatic carbocycles. The summed E-state index contributed by atoms with van der Waals surface area (Å²) in [6.07, 6.45) is 9.67. The molecule has 0 unspecified atom stereocenters. The highest BCUT2D eigenvalue weighted by molar-refractivity contribution is 5.74. The third kappa shape index (κ3) is 3.07. The number of carbonyl (C=O) groups is 1. The van der Waals surface area contributed by atoms with E-state index in [4.69, 9.17) is 4.74 Å². The van der Waals surface area contributed by atoms with Crippen LogP contribution in [0.25, 0.3) is 0 Å². The number of amides is 2. The van der Waals surface area contributed by atoms with Gasteiger partial charge in [0.2, 0.25) is 0 Å². The van der Waals surface area contributed by atoms with Crippen LogP contribution in [0.4, 0.5) is 4.79 Å². The lowest BCUT2D eigenvalue weighted by atomic mass is 9.60. The van der Waals surface area contributed by atoms with Gasteiger partial charge in [0.05, 0.1) is 6.10 Å². The van der Waals surface area contributed by atoms with E-state index in [-0.39, 0.29) is 11.4 Å². The van der Waals surface area contributed by atoms with Crippen molar-refractivity contribution in [2.24, 2.45) is 5.41 Å². The lowest BCUT2D eigenvalue weighted by Gasteiger charge is -2.56. The minimum atomic E-state index is 0.00744. The van der Waals surface area contributed by atoms with Crippen LogP contribution in [-0.4, -0.2) is 41.7 Å². The maximum absolute atomic E-state index is 12.5. The van der Waals surface area contributed by atoms with Gasteiger partial charge in [-0.05, 0) is 43.9 Å². The summed E-state index contributed by atoms with van der Waals surface area (Å²) in [5, 5.41) is 3.02. The van der Waals surface area contributed by atoms with E-state index in [1.807, 2.05) is 24.1 Å². The molecule has 5 nitrogen and oxygen atoms in total. The minimum Gasteiger partial charge on any atom is -0.378 e. The van der Waals surface area contributed by atoms with Crippen molar-refractivity contribution in [2.75, 3.05) is 13.7 Å². The molecular weight excluding hydrogens is 290 g/mol. The molecule has 2 amide bonds. The van der Waals surface area contributed by atoms with Crippen LogP contribution in [-0.2, 0) is 11.3 Å². The second kappa shape index (κ2) is 6.87. The summed E-state index contributed by atoms with van der Waals surface area (Å²) < 4.78 is 5.94. The summed E-state index contributed by atoms with van der Waals surface area (Å²) >= 11 is 0. The third-order valence-electron chi connectivity index (χ3n) is 5.63. The van der Waals surface area contributed by atoms with E-state index in [1.54, 1.807) is 12.4 Å². The van der Waals surface area contributed by atoms with Gasteiger partial charge in [-0.3, -0.25) is 4.98 Å². The lowest BCUT2D eigenvalue weighted by molar-refractivity contribution is -0.151. The molecule has 1 heterocycles. The van der Waals surface area contributed by atoms with Crippen LogP contribution in [0, 0.1) is 5.41 Å². The molecule has 1 spiro atoms. The Bertz CT molecular complexity index is 528. The van der Waals surface area contributed by atoms with Crippen LogP contribution in [0.2, 0.25) is 0 Å². The van der Waals surface area contributed by atoms with Crippen molar-refractivity contribution < 1.29 is 9.53 Å². The standard InChI is InChI=1S/C18H27N3O2/c1-3-23-16-12-15(18(16)8-4-5-9-18)21(2)17(22)20-13-14-6-10-19-11-7-14/h6-7,10-11,15-16H,3-5,8-9,12-13H2,1-2H3,(H,20,22)/t15-,16+/m0/s1. The molecule has 5 heteroatoms. The van der Waals surface area contributed by atoms with E-state index in [2.05, 4.69) is 17.2 Å². The van der Waals surface area contributed by atoms with Crippen molar-refractivity contribution >= 4 is 6.03 Å². The smallest absolute Gasteiger partial charge is 0.317 e. The van der Waals surface area contributed by atoms with Crippen LogP contribution in [0.15, 0.2) is 24.5 Å². The number of pyridine rings is 1. The van der Waals surface area contributed by atoms with Crippen LogP contribution in [0.3, 0.4) is 0 Å². The van der Waals surface area contributed by atoms with Crippen LogP contribution >= 0.6 is 0 Å². The summed E-state index contributed by atoms with van der Waals surface area (Å²) in [6.45, 7) is 3.36. The van der Waals surface area contributed by atoms with Gasteiger partial charge in [-0.1, -0.05) is 12.8 Å². The number of nitrogens with one attached hydrogen (secondary N) is 1. The van der Waals surface area contributed by atoms with Gasteiger partial charge in [0, 0.05) is 44.0 Å². The third-order valence-corrected chi connectivity index (χ3v) is 5.63. The van der Waals surface area contributed by atoms with Crippen molar-refractivity contribution in [2.45, 2.75) is 57.7 Å². The predicted octanol–water partition coefficient (Wildman–Crippen LogP) is 2.96. The fraction of sp³-hybridized carbons (Fsp3) is 0.667. The Labute approximate surface area is 138 Å². The van der Waals surface area contributed by atoms with Gasteiger partial charge in [-0.25, -0.2) is 4.79 Å². The monoisotopic (exact) mass is 317 g/mol. The van der Waals surface area contributed by atoms with Gasteiger partial charge in [0.15, 0.2) is 0 Å². The van der Waals surface area contributed by atoms with Crippen molar-refractivity contribution in [3.63, 3.8) is 0 Å². The zero-order chi connectivity index (χ0) is 16.3. The van der Waals surface area contributed by atoms with Crippen molar-refractivity contribution in [3.8, 4) is 0 Å². The summed E-state index contributed by atoms with van der Waals surface area (Å²) in [4.78, 5) is 18.4. The molecule has 0 aliphatic heterocycles. The Morgan fingerprint density at radius 1 is 1.39 bits per heavy atom. The summed E-state index contributed by atoms with van der Waals surface area (Å²) in [5.41, 5.74) is 1.26. The first-order valence-electron chi connectivity index (χ1n) is 8.68. The number of nitrogens with zero attached hydrogens (tertiary/aromatic N) is 2. The molecule has 2 fully saturated rings. The van der Waals surface area contributed by atoms with Gasteiger partial charge in [-0.15, -0.1) is 0 Å². The van der Waals surface area contributed by atoms with E-state index in [0.717, 1.165) is 18.6 Å². The molecule has 1 aromatic rings. The van der Waals surface area contributed by atoms with Crippen LogP contribution in [0.1, 0.15) is 44.6 Å². The second-order valence-corrected chi connectivity index (χ2v) is 6.76. The summed E-state index contributed by atoms with van der Waals surface area (Å²) in [6, 6.07) is 4.16. The van der Waals surface area contributed by atoms with Gasteiger partial charge in [0.1, 0.15) is 0 Å². The molecule has 0 bridgehead atoms. The molecule has 23 heavy (non-hydrogen) atoms. The zero-order valence-corrected chi connectivity index (χ0v) is 14.1. The highest BCUT2D eigenvalue weighted by Gasteiger charge is 2.58. The topological polar surface area (TPSA) is 54.5 Å². The SMILES string of the molecule is CCO[C@@H]1C[C@H](N(C)C(=O)NCc2ccncc2)C12CCCC2. The number of hydrogen-bond donors (Lipinski definition) is 1. The average molecular weight is 317 g/mol. The molecule has 126 valence electrons. The Hall–Kier alpha value is -1.62. The molecule has 2 saturated carbocycles. The fourth-order valence-electron chi connectivity index (χ4n) is 4.34. The maximum Gasteiger partial charge on any atom is 0.317 e. The second-order valence-electron chi connectivity index (χ2n) is 6.76. The lowest BCUT2D eigenvalue weighted by Crippen LogP contribution is -2.65. The highest BCUT2D eigenvalue weighted by atomic mass is 16.5. The molecule has 3 rings (SSSR count). The summed E-state index contributed by atoms with van der Waals surface area (Å²) in [5.74, 6) is 0. The van der Waals surface area contributed by atoms with E-state index >= 15 is 0 Å². The molecule has 1 N–H and O–H groups in total. The van der Waals surface area contributed by atoms with E-state index in [1.165, 1.54) is 25.7 Å². The first-order valence-corrected chi connectivity index (χ1v) is 8.68. The van der Waals surface area contributed by atoms with E-state index in [9.17, 15) is 4.79 Å². The quantitative estimate of drug-likeness (QED) is 0.908. The first-order chi connectivity index (χ1) is 11.2. The van der Waals surface area contributed by atoms with Gasteiger partial charge < -0.3 is 15.0 Å². The molecule has 2 atom stereocenters. The number of rotatable bonds is 5. The number of aromatic nitrogens is 1. The molecule has 2 aliphatic rings. The Kier molecular flexibility index (Phi) is 4.85. The van der Waals surface area contributed by atoms with E-state index in [0.29, 0.717) is 18.7 Å². The number of hydrogen-bond acceptors (Lipinski definition) is 3. The Morgan fingerprint density at radius 2 is 2.09 bits per heavy atom. The van der Waals surface area contributed by atoms with Crippen molar-refractivity contribution in [1.29, 1.82) is 0 Å². The van der Waals surface area contributed by atoms with Crippen LogP contribution in [0.5, 0.6) is 0 Å². The van der Waals surface area contributed by atoms with Gasteiger partial charge in [-0.2, -0.15) is 0 Å². The number of ether oxygens (including phenoxy) is 1. The zero-order valence-electron chi connectivity index (χ0n) is 14.1. The Morgan fingerprint density at radius 3 is 2.74 bits per heavy atom. The summed E-state index contributed by atoms with van der Waals surface area (Å²) in [7, 11) is 1.93. The maximum atomic E-state index is 12.5. The predicted molar refractivity (Wildman–Crippen MR) is 89.0 cm³/mol. The van der Waals surface area contributed by atoms with Crippen molar-refractivity contribution in [1.82, 2.24) is 15.2 Å². The van der Waals surface area contributed by atoms with Crippen LogP contribution < -0.4 is 5.32 Å². The van der Waals surface area contributed by atoms with Gasteiger partial charge in [0.25, 0.3) is 0 Å². The normalized spacial score (nSPS) is 25.1. The molecule has 0 saturated heterocycles. The minimum absolute atomic E-state index is 0.00744. The first kappa shape index (κ1) is 16.2. The molecular formula is C18H27N3O2. The van der Waals surface area contributed by atoms with E-state index < -0.39 is 0 Å². The highest BCUT2D eigenvalue weighted by Crippen LogP contribution is 2.56.